The highest BCUT2D eigenvalue weighted by Crippen LogP contribution is 2.33. The maximum atomic E-state index is 6.09. The summed E-state index contributed by atoms with van der Waals surface area (Å²) in [6.45, 7) is 5.51. The van der Waals surface area contributed by atoms with Crippen LogP contribution in [0.4, 0.5) is 11.4 Å². The number of hydrogen-bond donors (Lipinski definition) is 1. The molecule has 2 aliphatic rings. The second-order valence-corrected chi connectivity index (χ2v) is 5.15. The molecule has 2 N–H and O–H groups in total. The highest BCUT2D eigenvalue weighted by atomic mass is 16.5. The van der Waals surface area contributed by atoms with Crippen molar-refractivity contribution in [2.45, 2.75) is 25.6 Å². The molecular formula is C14H21N5O. The summed E-state index contributed by atoms with van der Waals surface area (Å²) in [6.07, 6.45) is 1.11. The first-order chi connectivity index (χ1) is 9.81. The van der Waals surface area contributed by atoms with Crippen LogP contribution in [0.3, 0.4) is 0 Å². The van der Waals surface area contributed by atoms with Crippen LogP contribution in [0.1, 0.15) is 13.3 Å². The Morgan fingerprint density at radius 1 is 1.30 bits per heavy atom. The van der Waals surface area contributed by atoms with Gasteiger partial charge in [-0.2, -0.15) is 5.11 Å². The molecule has 0 spiro atoms. The lowest BCUT2D eigenvalue weighted by atomic mass is 10.1. The number of nitrogens with two attached hydrogens (primary N) is 1. The molecule has 0 bridgehead atoms. The fraction of sp³-hybridized carbons (Fsp3) is 0.571. The van der Waals surface area contributed by atoms with Crippen LogP contribution in [0.2, 0.25) is 0 Å². The van der Waals surface area contributed by atoms with Crippen molar-refractivity contribution in [3.63, 3.8) is 0 Å². The smallest absolute Gasteiger partial charge is 0.131 e. The predicted molar refractivity (Wildman–Crippen MR) is 78.4 cm³/mol. The summed E-state index contributed by atoms with van der Waals surface area (Å²) in [5.41, 5.74) is 7.76. The van der Waals surface area contributed by atoms with Crippen molar-refractivity contribution in [1.82, 2.24) is 4.90 Å². The molecule has 2 heterocycles. The summed E-state index contributed by atoms with van der Waals surface area (Å²) in [6, 6.07) is 8.01. The number of nitrogens with zero attached hydrogens (tertiary/aromatic N) is 4. The fourth-order valence-electron chi connectivity index (χ4n) is 2.82. The van der Waals surface area contributed by atoms with Crippen molar-refractivity contribution in [2.75, 3.05) is 37.0 Å². The molecule has 2 aliphatic heterocycles. The molecule has 0 amide bonds. The molecule has 108 valence electrons. The number of nitrogen functional groups attached to an aromatic ring is 1. The van der Waals surface area contributed by atoms with Crippen molar-refractivity contribution in [3.05, 3.63) is 24.3 Å². The maximum Gasteiger partial charge on any atom is 0.131 e. The molecule has 1 saturated heterocycles. The minimum absolute atomic E-state index is 0.147. The Balaban J connectivity index is 1.88. The van der Waals surface area contributed by atoms with Gasteiger partial charge in [0.15, 0.2) is 0 Å². The summed E-state index contributed by atoms with van der Waals surface area (Å²) in [4.78, 5) is 2.39. The van der Waals surface area contributed by atoms with E-state index in [0.717, 1.165) is 44.1 Å². The molecular weight excluding hydrogens is 254 g/mol. The van der Waals surface area contributed by atoms with E-state index < -0.39 is 0 Å². The normalized spacial score (nSPS) is 27.1. The van der Waals surface area contributed by atoms with Crippen LogP contribution in [-0.2, 0) is 4.74 Å². The van der Waals surface area contributed by atoms with Gasteiger partial charge in [0.05, 0.1) is 24.6 Å². The van der Waals surface area contributed by atoms with Gasteiger partial charge in [0, 0.05) is 13.1 Å². The summed E-state index contributed by atoms with van der Waals surface area (Å²) in [7, 11) is 0. The lowest BCUT2D eigenvalue weighted by Crippen LogP contribution is -2.53. The summed E-state index contributed by atoms with van der Waals surface area (Å²) >= 11 is 0. The molecule has 1 aromatic carbocycles. The minimum atomic E-state index is 0.147. The molecule has 6 heteroatoms. The van der Waals surface area contributed by atoms with Gasteiger partial charge in [-0.15, -0.1) is 0 Å². The number of morpholine rings is 1. The van der Waals surface area contributed by atoms with Gasteiger partial charge in [-0.1, -0.05) is 24.3 Å². The van der Waals surface area contributed by atoms with Gasteiger partial charge in [-0.3, -0.25) is 4.90 Å². The van der Waals surface area contributed by atoms with Crippen molar-refractivity contribution in [3.8, 4) is 0 Å². The summed E-state index contributed by atoms with van der Waals surface area (Å²) in [5, 5.41) is 10.8. The molecule has 0 radical (unpaired) electrons. The van der Waals surface area contributed by atoms with Crippen LogP contribution in [-0.4, -0.2) is 43.4 Å². The lowest BCUT2D eigenvalue weighted by Gasteiger charge is -2.38. The molecule has 2 unspecified atom stereocenters. The third-order valence-corrected chi connectivity index (χ3v) is 3.91. The molecule has 6 nitrogen and oxygen atoms in total. The Bertz CT molecular complexity index is 486. The molecule has 2 atom stereocenters. The van der Waals surface area contributed by atoms with Crippen molar-refractivity contribution < 1.29 is 4.74 Å². The van der Waals surface area contributed by atoms with E-state index in [1.54, 1.807) is 0 Å². The Hall–Kier alpha value is -1.66. The number of benzene rings is 1. The van der Waals surface area contributed by atoms with Crippen molar-refractivity contribution in [2.24, 2.45) is 10.3 Å². The van der Waals surface area contributed by atoms with Crippen LogP contribution < -0.4 is 10.7 Å². The van der Waals surface area contributed by atoms with Crippen molar-refractivity contribution >= 4 is 11.4 Å². The first-order valence-electron chi connectivity index (χ1n) is 7.17. The Morgan fingerprint density at radius 3 is 2.75 bits per heavy atom. The highest BCUT2D eigenvalue weighted by molar-refractivity contribution is 5.67. The largest absolute Gasteiger partial charge is 0.397 e. The molecule has 1 aromatic rings. The predicted octanol–water partition coefficient (Wildman–Crippen LogP) is 1.89. The number of para-hydroxylation sites is 2. The summed E-state index contributed by atoms with van der Waals surface area (Å²) < 4.78 is 5.45. The quantitative estimate of drug-likeness (QED) is 0.855. The zero-order valence-electron chi connectivity index (χ0n) is 11.8. The third kappa shape index (κ3) is 2.36. The van der Waals surface area contributed by atoms with Gasteiger partial charge in [0.1, 0.15) is 12.2 Å². The van der Waals surface area contributed by atoms with E-state index >= 15 is 0 Å². The van der Waals surface area contributed by atoms with Gasteiger partial charge in [-0.25, -0.2) is 5.01 Å². The van der Waals surface area contributed by atoms with Gasteiger partial charge < -0.3 is 10.5 Å². The van der Waals surface area contributed by atoms with Crippen molar-refractivity contribution in [1.29, 1.82) is 0 Å². The minimum Gasteiger partial charge on any atom is -0.397 e. The first-order valence-corrected chi connectivity index (χ1v) is 7.17. The van der Waals surface area contributed by atoms with E-state index in [1.165, 1.54) is 0 Å². The topological polar surface area (TPSA) is 66.5 Å². The van der Waals surface area contributed by atoms with Crippen LogP contribution in [0, 0.1) is 0 Å². The Morgan fingerprint density at radius 2 is 2.05 bits per heavy atom. The second-order valence-electron chi connectivity index (χ2n) is 5.15. The fourth-order valence-corrected chi connectivity index (χ4v) is 2.82. The van der Waals surface area contributed by atoms with Gasteiger partial charge in [0.2, 0.25) is 0 Å². The van der Waals surface area contributed by atoms with Gasteiger partial charge in [-0.05, 0) is 18.6 Å². The summed E-state index contributed by atoms with van der Waals surface area (Å²) in [5.74, 6) is 0. The number of ether oxygens (including phenoxy) is 1. The van der Waals surface area contributed by atoms with E-state index in [-0.39, 0.29) is 12.2 Å². The molecule has 20 heavy (non-hydrogen) atoms. The maximum absolute atomic E-state index is 6.09. The molecule has 0 saturated carbocycles. The van der Waals surface area contributed by atoms with E-state index in [0.29, 0.717) is 0 Å². The standard InChI is InChI=1S/C14H21N5O/c1-2-12-14(18-7-9-20-10-8-18)19(17-16-12)13-6-4-3-5-11(13)15/h3-6,12,14H,2,7-10,15H2,1H3. The van der Waals surface area contributed by atoms with Crippen LogP contribution in [0.25, 0.3) is 0 Å². The molecule has 1 fully saturated rings. The third-order valence-electron chi connectivity index (χ3n) is 3.91. The van der Waals surface area contributed by atoms with E-state index in [9.17, 15) is 0 Å². The van der Waals surface area contributed by atoms with Crippen LogP contribution in [0.5, 0.6) is 0 Å². The Labute approximate surface area is 119 Å². The van der Waals surface area contributed by atoms with E-state index in [1.807, 2.05) is 29.3 Å². The average molecular weight is 275 g/mol. The zero-order valence-corrected chi connectivity index (χ0v) is 11.8. The number of rotatable bonds is 3. The van der Waals surface area contributed by atoms with Gasteiger partial charge in [0.25, 0.3) is 0 Å². The van der Waals surface area contributed by atoms with E-state index in [2.05, 4.69) is 22.2 Å². The lowest BCUT2D eigenvalue weighted by molar-refractivity contribution is 0.0140. The molecule has 0 aromatic heterocycles. The monoisotopic (exact) mass is 275 g/mol. The highest BCUT2D eigenvalue weighted by Gasteiger charge is 2.38. The zero-order chi connectivity index (χ0) is 13.9. The Kier molecular flexibility index (Phi) is 3.84. The molecule has 0 aliphatic carbocycles. The number of anilines is 2. The van der Waals surface area contributed by atoms with Gasteiger partial charge >= 0.3 is 0 Å². The second kappa shape index (κ2) is 5.76. The van der Waals surface area contributed by atoms with E-state index in [4.69, 9.17) is 10.5 Å². The first kappa shape index (κ1) is 13.3. The number of hydrogen-bond acceptors (Lipinski definition) is 6. The van der Waals surface area contributed by atoms with Crippen LogP contribution >= 0.6 is 0 Å². The average Bonchev–Trinajstić information content (AvgIpc) is 2.92. The SMILES string of the molecule is CCC1N=NN(c2ccccc2N)C1N1CCOCC1. The van der Waals surface area contributed by atoms with Crippen LogP contribution in [0.15, 0.2) is 34.6 Å². The molecule has 3 rings (SSSR count).